The van der Waals surface area contributed by atoms with Crippen LogP contribution in [-0.4, -0.2) is 14.7 Å². The molecule has 0 saturated carbocycles. The molecule has 6 heteroatoms. The second kappa shape index (κ2) is 4.90. The first kappa shape index (κ1) is 13.1. The van der Waals surface area contributed by atoms with Gasteiger partial charge in [-0.05, 0) is 26.0 Å². The molecule has 0 aliphatic rings. The second-order valence-electron chi connectivity index (χ2n) is 4.71. The van der Waals surface area contributed by atoms with Crippen molar-refractivity contribution in [3.8, 4) is 0 Å². The highest BCUT2D eigenvalue weighted by atomic mass is 35.5. The summed E-state index contributed by atoms with van der Waals surface area (Å²) in [7, 11) is 0. The van der Waals surface area contributed by atoms with Crippen LogP contribution in [0.1, 0.15) is 29.6 Å². The molecule has 0 saturated heterocycles. The largest absolute Gasteiger partial charge is 0.361 e. The number of halogens is 2. The number of benzene rings is 1. The van der Waals surface area contributed by atoms with E-state index in [1.54, 1.807) is 6.07 Å². The topological polar surface area (TPSA) is 43.9 Å². The summed E-state index contributed by atoms with van der Waals surface area (Å²) in [5, 5.41) is 3.64. The Morgan fingerprint density at radius 1 is 1.45 bits per heavy atom. The van der Waals surface area contributed by atoms with Gasteiger partial charge in [-0.3, -0.25) is 0 Å². The molecular weight excluding hydrogens is 281 g/mol. The normalized spacial score (nSPS) is 13.0. The van der Waals surface area contributed by atoms with Crippen molar-refractivity contribution in [1.82, 2.24) is 14.7 Å². The van der Waals surface area contributed by atoms with Crippen LogP contribution in [0.2, 0.25) is 0 Å². The molecule has 3 aromatic rings. The number of rotatable bonds is 3. The number of aromatic nitrogens is 3. The molecule has 0 amide bonds. The van der Waals surface area contributed by atoms with E-state index in [1.807, 2.05) is 30.5 Å². The molecule has 2 aromatic heterocycles. The average molecular weight is 294 g/mol. The lowest BCUT2D eigenvalue weighted by molar-refractivity contribution is 0.389. The highest BCUT2D eigenvalue weighted by molar-refractivity contribution is 6.20. The Balaban J connectivity index is 2.16. The van der Waals surface area contributed by atoms with Gasteiger partial charge >= 0.3 is 0 Å². The summed E-state index contributed by atoms with van der Waals surface area (Å²) >= 11 is 6.15. The molecule has 0 bridgehead atoms. The highest BCUT2D eigenvalue weighted by Crippen LogP contribution is 2.26. The van der Waals surface area contributed by atoms with Crippen LogP contribution in [0.3, 0.4) is 0 Å². The average Bonchev–Trinajstić information content (AvgIpc) is 2.96. The van der Waals surface area contributed by atoms with Gasteiger partial charge in [0.15, 0.2) is 5.82 Å². The fraction of sp³-hybridized carbons (Fsp3) is 0.286. The quantitative estimate of drug-likeness (QED) is 0.690. The van der Waals surface area contributed by atoms with Gasteiger partial charge in [0.1, 0.15) is 22.8 Å². The lowest BCUT2D eigenvalue weighted by Gasteiger charge is -2.08. The third-order valence-corrected chi connectivity index (χ3v) is 3.31. The van der Waals surface area contributed by atoms with Crippen LogP contribution < -0.4 is 0 Å². The summed E-state index contributed by atoms with van der Waals surface area (Å²) in [5.41, 5.74) is 1.79. The van der Waals surface area contributed by atoms with E-state index >= 15 is 0 Å². The molecule has 0 spiro atoms. The second-order valence-corrected chi connectivity index (χ2v) is 5.36. The van der Waals surface area contributed by atoms with Crippen molar-refractivity contribution >= 4 is 22.6 Å². The Labute approximate surface area is 120 Å². The van der Waals surface area contributed by atoms with E-state index in [1.165, 1.54) is 6.07 Å². The first-order valence-electron chi connectivity index (χ1n) is 6.27. The minimum atomic E-state index is -0.351. The molecule has 0 aliphatic carbocycles. The van der Waals surface area contributed by atoms with Crippen molar-refractivity contribution in [2.45, 2.75) is 25.8 Å². The Morgan fingerprint density at radius 3 is 2.90 bits per heavy atom. The van der Waals surface area contributed by atoms with Crippen LogP contribution in [0.4, 0.5) is 4.39 Å². The Kier molecular flexibility index (Phi) is 3.22. The summed E-state index contributed by atoms with van der Waals surface area (Å²) in [5.74, 6) is 1.000. The van der Waals surface area contributed by atoms with Gasteiger partial charge in [-0.2, -0.15) is 0 Å². The number of para-hydroxylation sites is 1. The van der Waals surface area contributed by atoms with Crippen LogP contribution in [0.5, 0.6) is 0 Å². The zero-order valence-corrected chi connectivity index (χ0v) is 11.9. The number of fused-ring (bicyclic) bond motifs is 1. The maximum Gasteiger partial charge on any atom is 0.151 e. The smallest absolute Gasteiger partial charge is 0.151 e. The lowest BCUT2D eigenvalue weighted by atomic mass is 10.3. The first-order chi connectivity index (χ1) is 9.56. The van der Waals surface area contributed by atoms with E-state index in [9.17, 15) is 4.39 Å². The molecule has 1 atom stereocenters. The SMILES string of the molecule is Cc1cc(Cn2c(C(C)Cl)nc3c(F)cccc32)no1. The molecule has 0 aliphatic heterocycles. The van der Waals surface area contributed by atoms with Crippen molar-refractivity contribution in [3.63, 3.8) is 0 Å². The third kappa shape index (κ3) is 2.18. The van der Waals surface area contributed by atoms with Crippen LogP contribution in [0, 0.1) is 12.7 Å². The number of nitrogens with zero attached hydrogens (tertiary/aromatic N) is 3. The van der Waals surface area contributed by atoms with Gasteiger partial charge in [0.25, 0.3) is 0 Å². The number of hydrogen-bond acceptors (Lipinski definition) is 3. The maximum atomic E-state index is 13.8. The minimum absolute atomic E-state index is 0.324. The van der Waals surface area contributed by atoms with Gasteiger partial charge in [-0.1, -0.05) is 11.2 Å². The van der Waals surface area contributed by atoms with Crippen LogP contribution in [-0.2, 0) is 6.54 Å². The van der Waals surface area contributed by atoms with Crippen molar-refractivity contribution in [2.24, 2.45) is 0 Å². The molecule has 0 N–H and O–H groups in total. The molecule has 3 rings (SSSR count). The zero-order chi connectivity index (χ0) is 14.3. The summed E-state index contributed by atoms with van der Waals surface area (Å²) in [4.78, 5) is 4.31. The van der Waals surface area contributed by atoms with Crippen LogP contribution in [0.15, 0.2) is 28.8 Å². The van der Waals surface area contributed by atoms with Crippen LogP contribution >= 0.6 is 11.6 Å². The molecule has 0 radical (unpaired) electrons. The Morgan fingerprint density at radius 2 is 2.25 bits per heavy atom. The number of hydrogen-bond donors (Lipinski definition) is 0. The first-order valence-corrected chi connectivity index (χ1v) is 6.71. The van der Waals surface area contributed by atoms with Crippen LogP contribution in [0.25, 0.3) is 11.0 Å². The fourth-order valence-corrected chi connectivity index (χ4v) is 2.42. The molecular formula is C14H13ClFN3O. The van der Waals surface area contributed by atoms with Crippen molar-refractivity contribution < 1.29 is 8.91 Å². The van der Waals surface area contributed by atoms with Gasteiger partial charge in [-0.25, -0.2) is 9.37 Å². The summed E-state index contributed by atoms with van der Waals surface area (Å²) < 4.78 is 20.8. The van der Waals surface area contributed by atoms with E-state index in [-0.39, 0.29) is 11.2 Å². The summed E-state index contributed by atoms with van der Waals surface area (Å²) in [6.45, 7) is 4.09. The minimum Gasteiger partial charge on any atom is -0.361 e. The molecule has 1 aromatic carbocycles. The maximum absolute atomic E-state index is 13.8. The third-order valence-electron chi connectivity index (χ3n) is 3.11. The van der Waals surface area contributed by atoms with E-state index in [0.29, 0.717) is 23.4 Å². The molecule has 104 valence electrons. The van der Waals surface area contributed by atoms with E-state index in [4.69, 9.17) is 16.1 Å². The van der Waals surface area contributed by atoms with Crippen molar-refractivity contribution in [1.29, 1.82) is 0 Å². The summed E-state index contributed by atoms with van der Waals surface area (Å²) in [6, 6.07) is 6.71. The monoisotopic (exact) mass is 293 g/mol. The van der Waals surface area contributed by atoms with E-state index in [2.05, 4.69) is 10.1 Å². The molecule has 1 unspecified atom stereocenters. The summed E-state index contributed by atoms with van der Waals surface area (Å²) in [6.07, 6.45) is 0. The van der Waals surface area contributed by atoms with E-state index < -0.39 is 0 Å². The van der Waals surface area contributed by atoms with E-state index in [0.717, 1.165) is 11.5 Å². The number of imidazole rings is 1. The predicted molar refractivity (Wildman–Crippen MR) is 74.3 cm³/mol. The molecule has 4 nitrogen and oxygen atoms in total. The Hall–Kier alpha value is -1.88. The number of alkyl halides is 1. The molecule has 20 heavy (non-hydrogen) atoms. The molecule has 0 fully saturated rings. The van der Waals surface area contributed by atoms with Gasteiger partial charge in [0, 0.05) is 6.07 Å². The number of aryl methyl sites for hydroxylation is 1. The highest BCUT2D eigenvalue weighted by Gasteiger charge is 2.18. The molecule has 2 heterocycles. The Bertz CT molecular complexity index is 763. The lowest BCUT2D eigenvalue weighted by Crippen LogP contribution is -2.06. The zero-order valence-electron chi connectivity index (χ0n) is 11.1. The standard InChI is InChI=1S/C14H13ClFN3O/c1-8-6-10(18-20-8)7-19-12-5-3-4-11(16)13(12)17-14(19)9(2)15/h3-6,9H,7H2,1-2H3. The van der Waals surface area contributed by atoms with Gasteiger partial charge < -0.3 is 9.09 Å². The van der Waals surface area contributed by atoms with Gasteiger partial charge in [-0.15, -0.1) is 11.6 Å². The van der Waals surface area contributed by atoms with Crippen molar-refractivity contribution in [3.05, 3.63) is 47.4 Å². The fourth-order valence-electron chi connectivity index (χ4n) is 2.26. The predicted octanol–water partition coefficient (Wildman–Crippen LogP) is 3.82. The van der Waals surface area contributed by atoms with Crippen molar-refractivity contribution in [2.75, 3.05) is 0 Å². The van der Waals surface area contributed by atoms with Gasteiger partial charge in [0.2, 0.25) is 0 Å². The van der Waals surface area contributed by atoms with Gasteiger partial charge in [0.05, 0.1) is 17.4 Å².